The summed E-state index contributed by atoms with van der Waals surface area (Å²) in [5.74, 6) is -0.604. The van der Waals surface area contributed by atoms with Crippen molar-refractivity contribution >= 4 is 17.5 Å². The van der Waals surface area contributed by atoms with Gasteiger partial charge >= 0.3 is 0 Å². The SMILES string of the molecule is CC(C)(C)C(=O)[C@@H]1[C@@H](c2cccnc2)C(C#N)(C#N)[C@H]2C=Cc3ccccc3N12. The van der Waals surface area contributed by atoms with Gasteiger partial charge in [-0.3, -0.25) is 9.78 Å². The van der Waals surface area contributed by atoms with Crippen LogP contribution in [0.3, 0.4) is 0 Å². The summed E-state index contributed by atoms with van der Waals surface area (Å²) in [5.41, 5.74) is 0.556. The number of anilines is 1. The molecule has 2 aliphatic heterocycles. The number of nitrogens with zero attached hydrogens (tertiary/aromatic N) is 4. The second kappa shape index (κ2) is 6.57. The zero-order chi connectivity index (χ0) is 20.8. The van der Waals surface area contributed by atoms with Crippen molar-refractivity contribution < 1.29 is 4.79 Å². The van der Waals surface area contributed by atoms with Crippen LogP contribution in [-0.4, -0.2) is 22.9 Å². The van der Waals surface area contributed by atoms with Crippen molar-refractivity contribution in [2.75, 3.05) is 4.90 Å². The van der Waals surface area contributed by atoms with Crippen molar-refractivity contribution in [1.82, 2.24) is 4.98 Å². The first-order valence-corrected chi connectivity index (χ1v) is 9.67. The standard InChI is InChI=1S/C24H22N4O/c1-23(2,3)22(29)21-20(17-8-6-12-27-13-17)24(14-25,15-26)19-11-10-16-7-4-5-9-18(16)28(19)21/h4-13,19-21H,1-3H3/t19-,20-,21+/m1/s1. The van der Waals surface area contributed by atoms with Crippen molar-refractivity contribution in [2.24, 2.45) is 10.8 Å². The van der Waals surface area contributed by atoms with Crippen molar-refractivity contribution in [3.63, 3.8) is 0 Å². The van der Waals surface area contributed by atoms with Gasteiger partial charge in [-0.15, -0.1) is 0 Å². The lowest BCUT2D eigenvalue weighted by Gasteiger charge is -2.37. The van der Waals surface area contributed by atoms with Gasteiger partial charge in [-0.1, -0.05) is 57.2 Å². The van der Waals surface area contributed by atoms with Crippen LogP contribution in [0.5, 0.6) is 0 Å². The summed E-state index contributed by atoms with van der Waals surface area (Å²) in [4.78, 5) is 19.9. The first-order valence-electron chi connectivity index (χ1n) is 9.67. The van der Waals surface area contributed by atoms with E-state index in [1.807, 2.05) is 68.2 Å². The number of Topliss-reactive ketones (excluding diaryl/α,β-unsaturated/α-hetero) is 1. The number of benzene rings is 1. The van der Waals surface area contributed by atoms with Crippen LogP contribution < -0.4 is 4.90 Å². The fraction of sp³-hybridized carbons (Fsp3) is 0.333. The minimum absolute atomic E-state index is 0.00818. The molecule has 0 spiro atoms. The average molecular weight is 382 g/mol. The molecule has 0 radical (unpaired) electrons. The average Bonchev–Trinajstić information content (AvgIpc) is 3.04. The molecule has 3 heterocycles. The molecule has 0 aliphatic carbocycles. The van der Waals surface area contributed by atoms with Crippen LogP contribution >= 0.6 is 0 Å². The van der Waals surface area contributed by atoms with Gasteiger partial charge in [0.2, 0.25) is 0 Å². The molecule has 1 aromatic heterocycles. The zero-order valence-electron chi connectivity index (χ0n) is 16.7. The maximum absolute atomic E-state index is 13.7. The van der Waals surface area contributed by atoms with E-state index in [1.54, 1.807) is 18.5 Å². The Morgan fingerprint density at radius 2 is 1.86 bits per heavy atom. The van der Waals surface area contributed by atoms with Crippen LogP contribution in [0.1, 0.15) is 37.8 Å². The molecule has 144 valence electrons. The number of aromatic nitrogens is 1. The number of pyridine rings is 1. The maximum Gasteiger partial charge on any atom is 0.176 e. The number of carbonyl (C=O) groups excluding carboxylic acids is 1. The highest BCUT2D eigenvalue weighted by Gasteiger charge is 2.64. The number of hydrogen-bond acceptors (Lipinski definition) is 5. The normalized spacial score (nSPS) is 24.2. The molecular formula is C24H22N4O. The van der Waals surface area contributed by atoms with E-state index < -0.39 is 28.8 Å². The Bertz CT molecular complexity index is 1050. The summed E-state index contributed by atoms with van der Waals surface area (Å²) in [6.45, 7) is 5.65. The summed E-state index contributed by atoms with van der Waals surface area (Å²) < 4.78 is 0. The van der Waals surface area contributed by atoms with Crippen LogP contribution in [0.25, 0.3) is 6.08 Å². The Morgan fingerprint density at radius 1 is 1.14 bits per heavy atom. The Labute approximate surface area is 170 Å². The van der Waals surface area contributed by atoms with Crippen LogP contribution in [-0.2, 0) is 4.79 Å². The van der Waals surface area contributed by atoms with E-state index >= 15 is 0 Å². The van der Waals surface area contributed by atoms with E-state index in [-0.39, 0.29) is 5.78 Å². The Kier molecular flexibility index (Phi) is 4.28. The molecule has 1 saturated heterocycles. The second-order valence-corrected chi connectivity index (χ2v) is 8.69. The molecule has 29 heavy (non-hydrogen) atoms. The lowest BCUT2D eigenvalue weighted by atomic mass is 9.68. The molecule has 0 unspecified atom stereocenters. The third-order valence-corrected chi connectivity index (χ3v) is 5.97. The van der Waals surface area contributed by atoms with Crippen LogP contribution in [0.4, 0.5) is 5.69 Å². The predicted molar refractivity (Wildman–Crippen MR) is 111 cm³/mol. The lowest BCUT2D eigenvalue weighted by Crippen LogP contribution is -2.47. The van der Waals surface area contributed by atoms with Crippen molar-refractivity contribution in [2.45, 2.75) is 38.8 Å². The number of fused-ring (bicyclic) bond motifs is 3. The highest BCUT2D eigenvalue weighted by Crippen LogP contribution is 2.55. The maximum atomic E-state index is 13.7. The minimum atomic E-state index is -1.40. The van der Waals surface area contributed by atoms with Gasteiger partial charge < -0.3 is 4.90 Å². The first kappa shape index (κ1) is 18.9. The van der Waals surface area contributed by atoms with E-state index in [9.17, 15) is 15.3 Å². The highest BCUT2D eigenvalue weighted by molar-refractivity contribution is 5.96. The fourth-order valence-corrected chi connectivity index (χ4v) is 4.61. The fourth-order valence-electron chi connectivity index (χ4n) is 4.61. The highest BCUT2D eigenvalue weighted by atomic mass is 16.1. The number of rotatable bonds is 2. The van der Waals surface area contributed by atoms with E-state index in [4.69, 9.17) is 0 Å². The number of para-hydroxylation sites is 1. The summed E-state index contributed by atoms with van der Waals surface area (Å²) >= 11 is 0. The Hall–Kier alpha value is -3.44. The molecule has 1 aromatic carbocycles. The molecule has 0 bridgehead atoms. The number of ketones is 1. The summed E-state index contributed by atoms with van der Waals surface area (Å²) in [6, 6.07) is 14.9. The molecular weight excluding hydrogens is 360 g/mol. The summed E-state index contributed by atoms with van der Waals surface area (Å²) in [6.07, 6.45) is 7.17. The van der Waals surface area contributed by atoms with Crippen LogP contribution in [0.15, 0.2) is 54.9 Å². The number of hydrogen-bond donors (Lipinski definition) is 0. The number of carbonyl (C=O) groups is 1. The smallest absolute Gasteiger partial charge is 0.176 e. The second-order valence-electron chi connectivity index (χ2n) is 8.69. The molecule has 4 rings (SSSR count). The lowest BCUT2D eigenvalue weighted by molar-refractivity contribution is -0.127. The number of nitriles is 2. The van der Waals surface area contributed by atoms with Crippen LogP contribution in [0.2, 0.25) is 0 Å². The van der Waals surface area contributed by atoms with Gasteiger partial charge in [0.15, 0.2) is 11.2 Å². The van der Waals surface area contributed by atoms with Gasteiger partial charge in [-0.2, -0.15) is 10.5 Å². The summed E-state index contributed by atoms with van der Waals surface area (Å²) in [5, 5.41) is 20.5. The third kappa shape index (κ3) is 2.66. The molecule has 2 aliphatic rings. The molecule has 0 amide bonds. The molecule has 0 saturated carbocycles. The first-order chi connectivity index (χ1) is 13.8. The molecule has 5 heteroatoms. The molecule has 1 fully saturated rings. The van der Waals surface area contributed by atoms with E-state index in [0.717, 1.165) is 16.8 Å². The monoisotopic (exact) mass is 382 g/mol. The topological polar surface area (TPSA) is 80.8 Å². The van der Waals surface area contributed by atoms with Crippen molar-refractivity contribution in [3.05, 3.63) is 66.0 Å². The quantitative estimate of drug-likeness (QED) is 0.781. The predicted octanol–water partition coefficient (Wildman–Crippen LogP) is 4.10. The van der Waals surface area contributed by atoms with E-state index in [0.29, 0.717) is 0 Å². The van der Waals surface area contributed by atoms with Crippen molar-refractivity contribution in [3.8, 4) is 12.1 Å². The van der Waals surface area contributed by atoms with Crippen LogP contribution in [0, 0.1) is 33.5 Å². The molecule has 0 N–H and O–H groups in total. The van der Waals surface area contributed by atoms with Gasteiger partial charge in [0.05, 0.1) is 24.2 Å². The van der Waals surface area contributed by atoms with E-state index in [2.05, 4.69) is 17.1 Å². The zero-order valence-corrected chi connectivity index (χ0v) is 16.7. The van der Waals surface area contributed by atoms with Gasteiger partial charge in [-0.05, 0) is 23.3 Å². The Balaban J connectivity index is 2.03. The van der Waals surface area contributed by atoms with Gasteiger partial charge in [0, 0.05) is 29.4 Å². The minimum Gasteiger partial charge on any atom is -0.351 e. The van der Waals surface area contributed by atoms with Crippen molar-refractivity contribution in [1.29, 1.82) is 10.5 Å². The molecule has 3 atom stereocenters. The Morgan fingerprint density at radius 3 is 2.48 bits per heavy atom. The largest absolute Gasteiger partial charge is 0.351 e. The third-order valence-electron chi connectivity index (χ3n) is 5.97. The molecule has 2 aromatic rings. The molecule has 5 nitrogen and oxygen atoms in total. The van der Waals surface area contributed by atoms with E-state index in [1.165, 1.54) is 0 Å². The van der Waals surface area contributed by atoms with Gasteiger partial charge in [0.1, 0.15) is 0 Å². The van der Waals surface area contributed by atoms with Gasteiger partial charge in [-0.25, -0.2) is 0 Å². The van der Waals surface area contributed by atoms with Gasteiger partial charge in [0.25, 0.3) is 0 Å². The summed E-state index contributed by atoms with van der Waals surface area (Å²) in [7, 11) is 0.